The van der Waals surface area contributed by atoms with Crippen molar-refractivity contribution in [3.8, 4) is 0 Å². The third-order valence-electron chi connectivity index (χ3n) is 4.12. The number of carboxylic acids is 1. The van der Waals surface area contributed by atoms with Crippen LogP contribution in [0.2, 0.25) is 0 Å². The SMILES string of the molecule is CSCC[C@H](NC(=O)C(C)(C)C1CCCNC1)C(=O)O. The third kappa shape index (κ3) is 4.66. The summed E-state index contributed by atoms with van der Waals surface area (Å²) < 4.78 is 0. The molecule has 0 aromatic carbocycles. The molecule has 6 heteroatoms. The second-order valence-corrected chi connectivity index (χ2v) is 6.90. The van der Waals surface area contributed by atoms with Crippen LogP contribution in [-0.4, -0.2) is 48.1 Å². The number of carboxylic acid groups (broad SMARTS) is 1. The van der Waals surface area contributed by atoms with E-state index in [1.54, 1.807) is 11.8 Å². The van der Waals surface area contributed by atoms with Crippen molar-refractivity contribution in [2.75, 3.05) is 25.1 Å². The standard InChI is InChI=1S/C14H26N2O3S/c1-14(2,10-5-4-7-15-9-10)13(19)16-11(12(17)18)6-8-20-3/h10-11,15H,4-9H2,1-3H3,(H,16,19)(H,17,18)/t10?,11-/m0/s1. The lowest BCUT2D eigenvalue weighted by Crippen LogP contribution is -2.51. The monoisotopic (exact) mass is 302 g/mol. The second kappa shape index (κ2) is 7.88. The number of amides is 1. The first-order valence-electron chi connectivity index (χ1n) is 7.13. The van der Waals surface area contributed by atoms with Gasteiger partial charge in [0.05, 0.1) is 0 Å². The summed E-state index contributed by atoms with van der Waals surface area (Å²) >= 11 is 1.59. The van der Waals surface area contributed by atoms with Crippen molar-refractivity contribution < 1.29 is 14.7 Å². The van der Waals surface area contributed by atoms with E-state index in [0.29, 0.717) is 6.42 Å². The molecule has 1 rings (SSSR count). The van der Waals surface area contributed by atoms with E-state index in [0.717, 1.165) is 31.7 Å². The van der Waals surface area contributed by atoms with Gasteiger partial charge in [-0.2, -0.15) is 11.8 Å². The summed E-state index contributed by atoms with van der Waals surface area (Å²) in [5.74, 6) is -0.126. The number of carbonyl (C=O) groups excluding carboxylic acids is 1. The summed E-state index contributed by atoms with van der Waals surface area (Å²) in [4.78, 5) is 23.6. The van der Waals surface area contributed by atoms with Crippen LogP contribution in [0.5, 0.6) is 0 Å². The number of carbonyl (C=O) groups is 2. The predicted octanol–water partition coefficient (Wildman–Crippen LogP) is 1.33. The summed E-state index contributed by atoms with van der Waals surface area (Å²) in [5.41, 5.74) is -0.541. The number of rotatable bonds is 7. The molecule has 116 valence electrons. The molecule has 0 spiro atoms. The quantitative estimate of drug-likeness (QED) is 0.661. The van der Waals surface area contributed by atoms with Crippen molar-refractivity contribution in [3.63, 3.8) is 0 Å². The molecule has 1 heterocycles. The van der Waals surface area contributed by atoms with E-state index < -0.39 is 17.4 Å². The van der Waals surface area contributed by atoms with E-state index in [1.807, 2.05) is 20.1 Å². The van der Waals surface area contributed by atoms with Crippen molar-refractivity contribution >= 4 is 23.6 Å². The van der Waals surface area contributed by atoms with Crippen LogP contribution in [0.25, 0.3) is 0 Å². The van der Waals surface area contributed by atoms with Crippen molar-refractivity contribution in [1.82, 2.24) is 10.6 Å². The first-order chi connectivity index (χ1) is 9.39. The molecule has 0 saturated carbocycles. The van der Waals surface area contributed by atoms with Crippen LogP contribution in [0.15, 0.2) is 0 Å². The summed E-state index contributed by atoms with van der Waals surface area (Å²) in [5, 5.41) is 15.2. The Morgan fingerprint density at radius 1 is 1.50 bits per heavy atom. The van der Waals surface area contributed by atoms with Gasteiger partial charge in [0, 0.05) is 5.41 Å². The third-order valence-corrected chi connectivity index (χ3v) is 4.76. The molecule has 0 aliphatic carbocycles. The van der Waals surface area contributed by atoms with Crippen LogP contribution >= 0.6 is 11.8 Å². The van der Waals surface area contributed by atoms with Gasteiger partial charge in [-0.1, -0.05) is 13.8 Å². The van der Waals surface area contributed by atoms with Gasteiger partial charge in [0.25, 0.3) is 0 Å². The van der Waals surface area contributed by atoms with Crippen LogP contribution in [0.4, 0.5) is 0 Å². The van der Waals surface area contributed by atoms with Crippen LogP contribution in [0.3, 0.4) is 0 Å². The first-order valence-corrected chi connectivity index (χ1v) is 8.52. The van der Waals surface area contributed by atoms with Gasteiger partial charge >= 0.3 is 5.97 Å². The van der Waals surface area contributed by atoms with Gasteiger partial charge in [0.15, 0.2) is 0 Å². The molecular weight excluding hydrogens is 276 g/mol. The van der Waals surface area contributed by atoms with Gasteiger partial charge in [-0.05, 0) is 50.3 Å². The van der Waals surface area contributed by atoms with Crippen LogP contribution in [0, 0.1) is 11.3 Å². The van der Waals surface area contributed by atoms with Crippen LogP contribution in [0.1, 0.15) is 33.1 Å². The van der Waals surface area contributed by atoms with Crippen molar-refractivity contribution in [1.29, 1.82) is 0 Å². The van der Waals surface area contributed by atoms with Crippen LogP contribution < -0.4 is 10.6 Å². The molecule has 3 N–H and O–H groups in total. The fourth-order valence-corrected chi connectivity index (χ4v) is 2.96. The summed E-state index contributed by atoms with van der Waals surface area (Å²) in [7, 11) is 0. The lowest BCUT2D eigenvalue weighted by atomic mass is 9.74. The number of aliphatic carboxylic acids is 1. The second-order valence-electron chi connectivity index (χ2n) is 5.91. The highest BCUT2D eigenvalue weighted by Crippen LogP contribution is 2.32. The van der Waals surface area contributed by atoms with E-state index in [-0.39, 0.29) is 11.8 Å². The van der Waals surface area contributed by atoms with E-state index in [1.165, 1.54) is 0 Å². The minimum atomic E-state index is -0.954. The maximum Gasteiger partial charge on any atom is 0.326 e. The van der Waals surface area contributed by atoms with Gasteiger partial charge in [0.2, 0.25) is 5.91 Å². The zero-order valence-electron chi connectivity index (χ0n) is 12.6. The van der Waals surface area contributed by atoms with Crippen molar-refractivity contribution in [3.05, 3.63) is 0 Å². The molecule has 0 radical (unpaired) electrons. The number of hydrogen-bond acceptors (Lipinski definition) is 4. The average molecular weight is 302 g/mol. The minimum Gasteiger partial charge on any atom is -0.480 e. The van der Waals surface area contributed by atoms with E-state index in [4.69, 9.17) is 0 Å². The number of piperidine rings is 1. The Bertz CT molecular complexity index is 341. The maximum absolute atomic E-state index is 12.4. The van der Waals surface area contributed by atoms with E-state index in [2.05, 4.69) is 10.6 Å². The molecule has 2 atom stereocenters. The molecule has 0 aromatic rings. The minimum absolute atomic E-state index is 0.153. The Labute approximate surface area is 125 Å². The summed E-state index contributed by atoms with van der Waals surface area (Å²) in [6.07, 6.45) is 4.46. The largest absolute Gasteiger partial charge is 0.480 e. The van der Waals surface area contributed by atoms with E-state index >= 15 is 0 Å². The summed E-state index contributed by atoms with van der Waals surface area (Å²) in [6.45, 7) is 5.64. The molecule has 1 fully saturated rings. The van der Waals surface area contributed by atoms with Gasteiger partial charge in [-0.3, -0.25) is 4.79 Å². The Morgan fingerprint density at radius 2 is 2.20 bits per heavy atom. The highest BCUT2D eigenvalue weighted by molar-refractivity contribution is 7.98. The number of thioether (sulfide) groups is 1. The molecule has 0 aromatic heterocycles. The molecule has 1 unspecified atom stereocenters. The fourth-order valence-electron chi connectivity index (χ4n) is 2.49. The zero-order chi connectivity index (χ0) is 15.2. The van der Waals surface area contributed by atoms with Crippen molar-refractivity contribution in [2.24, 2.45) is 11.3 Å². The average Bonchev–Trinajstić information content (AvgIpc) is 2.43. The molecule has 1 aliphatic rings. The molecular formula is C14H26N2O3S. The van der Waals surface area contributed by atoms with Crippen molar-refractivity contribution in [2.45, 2.75) is 39.2 Å². The maximum atomic E-state index is 12.4. The number of hydrogen-bond donors (Lipinski definition) is 3. The topological polar surface area (TPSA) is 78.4 Å². The Morgan fingerprint density at radius 3 is 2.70 bits per heavy atom. The first kappa shape index (κ1) is 17.3. The van der Waals surface area contributed by atoms with Gasteiger partial charge in [-0.25, -0.2) is 4.79 Å². The lowest BCUT2D eigenvalue weighted by Gasteiger charge is -2.36. The number of nitrogens with one attached hydrogen (secondary N) is 2. The van der Waals surface area contributed by atoms with Gasteiger partial charge < -0.3 is 15.7 Å². The van der Waals surface area contributed by atoms with Gasteiger partial charge in [-0.15, -0.1) is 0 Å². The highest BCUT2D eigenvalue weighted by Gasteiger charge is 2.38. The molecule has 1 saturated heterocycles. The zero-order valence-corrected chi connectivity index (χ0v) is 13.4. The Balaban J connectivity index is 2.63. The van der Waals surface area contributed by atoms with Gasteiger partial charge in [0.1, 0.15) is 6.04 Å². The fraction of sp³-hybridized carbons (Fsp3) is 0.857. The molecule has 5 nitrogen and oxygen atoms in total. The Kier molecular flexibility index (Phi) is 6.82. The predicted molar refractivity (Wildman–Crippen MR) is 81.9 cm³/mol. The Hall–Kier alpha value is -0.750. The van der Waals surface area contributed by atoms with E-state index in [9.17, 15) is 14.7 Å². The molecule has 1 aliphatic heterocycles. The normalized spacial score (nSPS) is 21.2. The lowest BCUT2D eigenvalue weighted by molar-refractivity contribution is -0.144. The summed E-state index contributed by atoms with van der Waals surface area (Å²) in [6, 6.07) is -0.786. The highest BCUT2D eigenvalue weighted by atomic mass is 32.2. The van der Waals surface area contributed by atoms with Crippen LogP contribution in [-0.2, 0) is 9.59 Å². The smallest absolute Gasteiger partial charge is 0.326 e. The molecule has 1 amide bonds. The molecule has 20 heavy (non-hydrogen) atoms. The molecule has 0 bridgehead atoms.